The topological polar surface area (TPSA) is 17.0 Å². The first-order valence-electron chi connectivity index (χ1n) is 9.80. The van der Waals surface area contributed by atoms with Gasteiger partial charge in [0.25, 0.3) is 0 Å². The lowest BCUT2D eigenvalue weighted by Gasteiger charge is -2.24. The second kappa shape index (κ2) is 6.72. The molecular formula is C21H29ClN2. The molecule has 1 aromatic heterocycles. The molecule has 1 saturated carbocycles. The first kappa shape index (κ1) is 16.5. The number of nitrogens with zero attached hydrogens (tertiary/aromatic N) is 1. The maximum Gasteiger partial charge on any atom is 0.0486 e. The van der Waals surface area contributed by atoms with Crippen molar-refractivity contribution in [3.05, 3.63) is 35.0 Å². The fraction of sp³-hybridized carbons (Fsp3) is 0.619. The van der Waals surface area contributed by atoms with Crippen LogP contribution in [0.5, 0.6) is 0 Å². The summed E-state index contributed by atoms with van der Waals surface area (Å²) in [5.74, 6) is 0.817. The summed E-state index contributed by atoms with van der Waals surface area (Å²) >= 11 is 0. The van der Waals surface area contributed by atoms with Crippen molar-refractivity contribution >= 4 is 23.3 Å². The molecule has 0 saturated heterocycles. The SMILES string of the molecule is Cl.c1cc2c(cc1C1CCCCC1)c1c3n2CCCNC3CCC1. The molecule has 2 nitrogen and oxygen atoms in total. The van der Waals surface area contributed by atoms with Crippen LogP contribution < -0.4 is 5.32 Å². The smallest absolute Gasteiger partial charge is 0.0486 e. The lowest BCUT2D eigenvalue weighted by molar-refractivity contribution is 0.444. The summed E-state index contributed by atoms with van der Waals surface area (Å²) in [7, 11) is 0. The average molecular weight is 345 g/mol. The molecule has 2 aliphatic carbocycles. The van der Waals surface area contributed by atoms with Gasteiger partial charge in [-0.05, 0) is 74.2 Å². The largest absolute Gasteiger partial charge is 0.343 e. The molecule has 1 atom stereocenters. The maximum atomic E-state index is 3.80. The third kappa shape index (κ3) is 2.59. The number of aryl methyl sites for hydroxylation is 2. The minimum atomic E-state index is 0. The minimum Gasteiger partial charge on any atom is -0.343 e. The lowest BCUT2D eigenvalue weighted by Crippen LogP contribution is -2.24. The third-order valence-electron chi connectivity index (χ3n) is 6.51. The Bertz CT molecular complexity index is 727. The lowest BCUT2D eigenvalue weighted by atomic mass is 9.83. The van der Waals surface area contributed by atoms with Crippen LogP contribution in [0, 0.1) is 0 Å². The highest BCUT2D eigenvalue weighted by Gasteiger charge is 2.29. The van der Waals surface area contributed by atoms with Crippen LogP contribution in [0.3, 0.4) is 0 Å². The van der Waals surface area contributed by atoms with Crippen molar-refractivity contribution in [1.82, 2.24) is 9.88 Å². The van der Waals surface area contributed by atoms with Crippen molar-refractivity contribution in [3.8, 4) is 0 Å². The van der Waals surface area contributed by atoms with E-state index < -0.39 is 0 Å². The van der Waals surface area contributed by atoms with E-state index in [-0.39, 0.29) is 12.4 Å². The molecule has 2 heterocycles. The van der Waals surface area contributed by atoms with Gasteiger partial charge in [0.05, 0.1) is 0 Å². The molecule has 24 heavy (non-hydrogen) atoms. The predicted molar refractivity (Wildman–Crippen MR) is 103 cm³/mol. The van der Waals surface area contributed by atoms with E-state index in [1.807, 2.05) is 0 Å². The zero-order valence-corrected chi connectivity index (χ0v) is 15.3. The van der Waals surface area contributed by atoms with E-state index in [1.165, 1.54) is 76.4 Å². The van der Waals surface area contributed by atoms with Gasteiger partial charge in [-0.3, -0.25) is 0 Å². The molecule has 1 N–H and O–H groups in total. The molecule has 0 bridgehead atoms. The maximum absolute atomic E-state index is 3.80. The summed E-state index contributed by atoms with van der Waals surface area (Å²) in [5, 5.41) is 5.38. The third-order valence-corrected chi connectivity index (χ3v) is 6.51. The molecular weight excluding hydrogens is 316 g/mol. The van der Waals surface area contributed by atoms with Crippen molar-refractivity contribution in [1.29, 1.82) is 0 Å². The number of nitrogens with one attached hydrogen (secondary N) is 1. The van der Waals surface area contributed by atoms with Crippen LogP contribution in [0.2, 0.25) is 0 Å². The summed E-state index contributed by atoms with van der Waals surface area (Å²) in [4.78, 5) is 0. The van der Waals surface area contributed by atoms with E-state index >= 15 is 0 Å². The van der Waals surface area contributed by atoms with Crippen molar-refractivity contribution in [3.63, 3.8) is 0 Å². The monoisotopic (exact) mass is 344 g/mol. The van der Waals surface area contributed by atoms with Crippen LogP contribution in [0.4, 0.5) is 0 Å². The van der Waals surface area contributed by atoms with Gasteiger partial charge in [-0.1, -0.05) is 25.3 Å². The molecule has 0 radical (unpaired) electrons. The zero-order chi connectivity index (χ0) is 15.2. The van der Waals surface area contributed by atoms with Crippen molar-refractivity contribution < 1.29 is 0 Å². The fourth-order valence-corrected chi connectivity index (χ4v) is 5.39. The van der Waals surface area contributed by atoms with Gasteiger partial charge in [0.1, 0.15) is 0 Å². The van der Waals surface area contributed by atoms with E-state index in [4.69, 9.17) is 0 Å². The number of halogens is 1. The van der Waals surface area contributed by atoms with Gasteiger partial charge in [-0.15, -0.1) is 12.4 Å². The van der Waals surface area contributed by atoms with Gasteiger partial charge in [-0.25, -0.2) is 0 Å². The number of fused-ring (bicyclic) bond motifs is 3. The Morgan fingerprint density at radius 1 is 0.958 bits per heavy atom. The van der Waals surface area contributed by atoms with Crippen molar-refractivity contribution in [2.75, 3.05) is 6.54 Å². The summed E-state index contributed by atoms with van der Waals surface area (Å²) < 4.78 is 2.65. The summed E-state index contributed by atoms with van der Waals surface area (Å²) in [5.41, 5.74) is 6.42. The Balaban J connectivity index is 0.00000146. The Morgan fingerprint density at radius 3 is 2.71 bits per heavy atom. The first-order chi connectivity index (χ1) is 11.4. The highest BCUT2D eigenvalue weighted by molar-refractivity contribution is 5.87. The van der Waals surface area contributed by atoms with Gasteiger partial charge in [0.2, 0.25) is 0 Å². The van der Waals surface area contributed by atoms with Crippen molar-refractivity contribution in [2.45, 2.75) is 76.3 Å². The Kier molecular flexibility index (Phi) is 4.62. The van der Waals surface area contributed by atoms with E-state index in [0.717, 1.165) is 5.92 Å². The molecule has 3 heteroatoms. The highest BCUT2D eigenvalue weighted by atomic mass is 35.5. The van der Waals surface area contributed by atoms with Gasteiger partial charge in [-0.2, -0.15) is 0 Å². The standard InChI is InChI=1S/C21H28N2.ClH/c1-2-6-15(7-3-1)16-10-11-20-18(14-16)17-8-4-9-19-21(17)23(20)13-5-12-22-19;/h10-11,14-15,19,22H,1-9,12-13H2;1H. The number of hydrogen-bond acceptors (Lipinski definition) is 1. The highest BCUT2D eigenvalue weighted by Crippen LogP contribution is 2.41. The van der Waals surface area contributed by atoms with Crippen LogP contribution in [0.25, 0.3) is 10.9 Å². The van der Waals surface area contributed by atoms with E-state index in [0.29, 0.717) is 6.04 Å². The molecule has 1 aliphatic heterocycles. The molecule has 1 aromatic carbocycles. The van der Waals surface area contributed by atoms with Crippen LogP contribution >= 0.6 is 12.4 Å². The molecule has 130 valence electrons. The van der Waals surface area contributed by atoms with Crippen LogP contribution in [-0.4, -0.2) is 11.1 Å². The van der Waals surface area contributed by atoms with Gasteiger partial charge >= 0.3 is 0 Å². The zero-order valence-electron chi connectivity index (χ0n) is 14.5. The van der Waals surface area contributed by atoms with Crippen LogP contribution in [0.1, 0.15) is 80.1 Å². The number of aromatic nitrogens is 1. The summed E-state index contributed by atoms with van der Waals surface area (Å²) in [6.07, 6.45) is 12.3. The molecule has 0 spiro atoms. The predicted octanol–water partition coefficient (Wildman–Crippen LogP) is 5.48. The minimum absolute atomic E-state index is 0. The Hall–Kier alpha value is -0.990. The molecule has 5 rings (SSSR count). The van der Waals surface area contributed by atoms with Crippen LogP contribution in [0.15, 0.2) is 18.2 Å². The fourth-order valence-electron chi connectivity index (χ4n) is 5.39. The second-order valence-corrected chi connectivity index (χ2v) is 7.88. The first-order valence-corrected chi connectivity index (χ1v) is 9.80. The summed E-state index contributed by atoms with van der Waals surface area (Å²) in [6.45, 7) is 2.37. The number of rotatable bonds is 1. The molecule has 2 aromatic rings. The van der Waals surface area contributed by atoms with E-state index in [1.54, 1.807) is 22.2 Å². The van der Waals surface area contributed by atoms with Crippen LogP contribution in [-0.2, 0) is 13.0 Å². The quantitative estimate of drug-likeness (QED) is 0.724. The molecule has 1 fully saturated rings. The van der Waals surface area contributed by atoms with Crippen molar-refractivity contribution in [2.24, 2.45) is 0 Å². The molecule has 0 amide bonds. The van der Waals surface area contributed by atoms with E-state index in [9.17, 15) is 0 Å². The number of hydrogen-bond donors (Lipinski definition) is 1. The molecule has 1 unspecified atom stereocenters. The normalized spacial score (nSPS) is 24.2. The Morgan fingerprint density at radius 2 is 1.83 bits per heavy atom. The molecule has 3 aliphatic rings. The average Bonchev–Trinajstić information content (AvgIpc) is 2.77. The van der Waals surface area contributed by atoms with Gasteiger partial charge in [0.15, 0.2) is 0 Å². The van der Waals surface area contributed by atoms with Gasteiger partial charge < -0.3 is 9.88 Å². The van der Waals surface area contributed by atoms with E-state index in [2.05, 4.69) is 28.1 Å². The second-order valence-electron chi connectivity index (χ2n) is 7.88. The van der Waals surface area contributed by atoms with Gasteiger partial charge in [0, 0.05) is 29.2 Å². The summed E-state index contributed by atoms with van der Waals surface area (Å²) in [6, 6.07) is 8.07. The Labute approximate surface area is 151 Å². The number of benzene rings is 1.